The van der Waals surface area contributed by atoms with E-state index >= 15 is 0 Å². The highest BCUT2D eigenvalue weighted by molar-refractivity contribution is 5.90. The molecule has 2 heterocycles. The Bertz CT molecular complexity index is 937. The van der Waals surface area contributed by atoms with Crippen molar-refractivity contribution >= 4 is 11.7 Å². The predicted molar refractivity (Wildman–Crippen MR) is 110 cm³/mol. The Hall–Kier alpha value is -3.28. The fraction of sp³-hybridized carbons (Fsp3) is 0.273. The van der Waals surface area contributed by atoms with Crippen LogP contribution in [-0.4, -0.2) is 28.7 Å². The zero-order chi connectivity index (χ0) is 19.2. The van der Waals surface area contributed by atoms with Gasteiger partial charge in [-0.2, -0.15) is 0 Å². The first kappa shape index (κ1) is 18.1. The Morgan fingerprint density at radius 1 is 1.14 bits per heavy atom. The summed E-state index contributed by atoms with van der Waals surface area (Å²) < 4.78 is 7.61. The van der Waals surface area contributed by atoms with Crippen LogP contribution in [0.2, 0.25) is 0 Å². The number of rotatable bonds is 7. The second kappa shape index (κ2) is 8.61. The number of nitrogens with one attached hydrogen (secondary N) is 2. The summed E-state index contributed by atoms with van der Waals surface area (Å²) in [7, 11) is 0. The summed E-state index contributed by atoms with van der Waals surface area (Å²) in [5.74, 6) is 0.977. The molecule has 0 aliphatic carbocycles. The maximum absolute atomic E-state index is 12.2. The van der Waals surface area contributed by atoms with Crippen LogP contribution in [0.3, 0.4) is 0 Å². The second-order valence-corrected chi connectivity index (χ2v) is 6.89. The van der Waals surface area contributed by atoms with Crippen LogP contribution in [0.1, 0.15) is 18.4 Å². The number of aryl methyl sites for hydroxylation is 1. The van der Waals surface area contributed by atoms with Gasteiger partial charge in [0.25, 0.3) is 0 Å². The molecular formula is C22H24N4O2. The second-order valence-electron chi connectivity index (χ2n) is 6.89. The van der Waals surface area contributed by atoms with Crippen LogP contribution in [0, 0.1) is 0 Å². The smallest absolute Gasteiger partial charge is 0.319 e. The van der Waals surface area contributed by atoms with Crippen LogP contribution in [0.5, 0.6) is 5.75 Å². The van der Waals surface area contributed by atoms with Crippen LogP contribution in [0.15, 0.2) is 61.2 Å². The Morgan fingerprint density at radius 2 is 2.07 bits per heavy atom. The van der Waals surface area contributed by atoms with Crippen molar-refractivity contribution in [2.45, 2.75) is 25.8 Å². The minimum absolute atomic E-state index is 0.179. The molecule has 2 amide bonds. The fourth-order valence-electron chi connectivity index (χ4n) is 3.36. The van der Waals surface area contributed by atoms with Crippen LogP contribution in [0.4, 0.5) is 10.5 Å². The lowest BCUT2D eigenvalue weighted by atomic mass is 10.0. The molecule has 4 rings (SSSR count). The van der Waals surface area contributed by atoms with Gasteiger partial charge in [0.2, 0.25) is 0 Å². The molecule has 0 atom stereocenters. The van der Waals surface area contributed by atoms with Gasteiger partial charge in [-0.25, -0.2) is 9.78 Å². The average Bonchev–Trinajstić information content (AvgIpc) is 3.39. The van der Waals surface area contributed by atoms with E-state index in [4.69, 9.17) is 4.74 Å². The molecule has 6 heteroatoms. The summed E-state index contributed by atoms with van der Waals surface area (Å²) in [5.41, 5.74) is 4.23. The molecule has 0 saturated heterocycles. The highest BCUT2D eigenvalue weighted by Gasteiger charge is 2.13. The van der Waals surface area contributed by atoms with Crippen molar-refractivity contribution in [2.75, 3.05) is 18.5 Å². The highest BCUT2D eigenvalue weighted by atomic mass is 16.5. The van der Waals surface area contributed by atoms with Crippen LogP contribution >= 0.6 is 0 Å². The lowest BCUT2D eigenvalue weighted by Crippen LogP contribution is -2.29. The first-order chi connectivity index (χ1) is 13.8. The summed E-state index contributed by atoms with van der Waals surface area (Å²) in [6.07, 6.45) is 8.39. The lowest BCUT2D eigenvalue weighted by Gasteiger charge is -2.10. The van der Waals surface area contributed by atoms with Gasteiger partial charge in [0.15, 0.2) is 0 Å². The van der Waals surface area contributed by atoms with Gasteiger partial charge in [0.1, 0.15) is 5.75 Å². The van der Waals surface area contributed by atoms with Crippen LogP contribution < -0.4 is 15.4 Å². The van der Waals surface area contributed by atoms with E-state index in [1.807, 2.05) is 35.0 Å². The van der Waals surface area contributed by atoms with Gasteiger partial charge in [-0.05, 0) is 53.8 Å². The molecule has 0 bridgehead atoms. The van der Waals surface area contributed by atoms with E-state index in [0.717, 1.165) is 55.0 Å². The Morgan fingerprint density at radius 3 is 2.96 bits per heavy atom. The van der Waals surface area contributed by atoms with Gasteiger partial charge in [0.05, 0.1) is 12.9 Å². The number of carbonyl (C=O) groups is 1. The summed E-state index contributed by atoms with van der Waals surface area (Å²) in [6, 6.07) is 14.0. The number of benzene rings is 2. The zero-order valence-electron chi connectivity index (χ0n) is 15.7. The number of carbonyl (C=O) groups excluding carboxylic acids is 1. The maximum Gasteiger partial charge on any atom is 0.319 e. The first-order valence-electron chi connectivity index (χ1n) is 9.65. The van der Waals surface area contributed by atoms with Crippen molar-refractivity contribution in [2.24, 2.45) is 0 Å². The number of urea groups is 1. The molecule has 2 N–H and O–H groups in total. The molecule has 0 spiro atoms. The quantitative estimate of drug-likeness (QED) is 0.611. The van der Waals surface area contributed by atoms with Gasteiger partial charge in [-0.3, -0.25) is 0 Å². The third kappa shape index (κ3) is 4.52. The Labute approximate surface area is 164 Å². The van der Waals surface area contributed by atoms with E-state index < -0.39 is 0 Å². The molecule has 0 radical (unpaired) electrons. The normalized spacial score (nSPS) is 12.3. The molecule has 0 fully saturated rings. The summed E-state index contributed by atoms with van der Waals surface area (Å²) in [5, 5.41) is 5.83. The van der Waals surface area contributed by atoms with Crippen molar-refractivity contribution in [1.82, 2.24) is 14.9 Å². The fourth-order valence-corrected chi connectivity index (χ4v) is 3.36. The van der Waals surface area contributed by atoms with Crippen LogP contribution in [-0.2, 0) is 13.0 Å². The van der Waals surface area contributed by atoms with Gasteiger partial charge in [0, 0.05) is 37.6 Å². The zero-order valence-corrected chi connectivity index (χ0v) is 15.7. The standard InChI is InChI=1S/C22H24N4O2/c27-22(24-9-1-2-11-26-12-10-23-16-26)25-20-5-3-4-17(15-20)18-6-7-21-19(14-18)8-13-28-21/h3-7,10,12,14-16H,1-2,8-9,11,13H2,(H2,24,25,27). The van der Waals surface area contributed by atoms with Crippen LogP contribution in [0.25, 0.3) is 11.1 Å². The number of hydrogen-bond donors (Lipinski definition) is 2. The van der Waals surface area contributed by atoms with Crippen molar-refractivity contribution in [3.63, 3.8) is 0 Å². The minimum atomic E-state index is -0.179. The number of hydrogen-bond acceptors (Lipinski definition) is 3. The molecular weight excluding hydrogens is 352 g/mol. The molecule has 3 aromatic rings. The Balaban J connectivity index is 1.27. The minimum Gasteiger partial charge on any atom is -0.493 e. The van der Waals surface area contributed by atoms with Gasteiger partial charge in [-0.1, -0.05) is 18.2 Å². The SMILES string of the molecule is O=C(NCCCCn1ccnc1)Nc1cccc(-c2ccc3c(c2)CCO3)c1. The van der Waals surface area contributed by atoms with Crippen molar-refractivity contribution in [1.29, 1.82) is 0 Å². The predicted octanol–water partition coefficient (Wildman–Crippen LogP) is 4.09. The van der Waals surface area contributed by atoms with Crippen molar-refractivity contribution < 1.29 is 9.53 Å². The van der Waals surface area contributed by atoms with E-state index in [1.54, 1.807) is 12.5 Å². The third-order valence-electron chi connectivity index (χ3n) is 4.83. The largest absolute Gasteiger partial charge is 0.493 e. The van der Waals surface area contributed by atoms with Crippen molar-refractivity contribution in [3.05, 3.63) is 66.7 Å². The molecule has 1 aromatic heterocycles. The van der Waals surface area contributed by atoms with Gasteiger partial charge < -0.3 is 19.9 Å². The topological polar surface area (TPSA) is 68.2 Å². The number of nitrogens with zero attached hydrogens (tertiary/aromatic N) is 2. The number of amides is 2. The third-order valence-corrected chi connectivity index (χ3v) is 4.83. The molecule has 28 heavy (non-hydrogen) atoms. The number of ether oxygens (including phenoxy) is 1. The van der Waals surface area contributed by atoms with E-state index in [9.17, 15) is 4.79 Å². The number of aromatic nitrogens is 2. The molecule has 1 aliphatic rings. The average molecular weight is 376 g/mol. The maximum atomic E-state index is 12.2. The Kier molecular flexibility index (Phi) is 5.56. The summed E-state index contributed by atoms with van der Waals surface area (Å²) in [6.45, 7) is 2.31. The molecule has 1 aliphatic heterocycles. The molecule has 6 nitrogen and oxygen atoms in total. The van der Waals surface area contributed by atoms with E-state index in [2.05, 4.69) is 33.8 Å². The number of unbranched alkanes of at least 4 members (excludes halogenated alkanes) is 1. The van der Waals surface area contributed by atoms with E-state index in [-0.39, 0.29) is 6.03 Å². The molecule has 0 saturated carbocycles. The van der Waals surface area contributed by atoms with E-state index in [0.29, 0.717) is 6.54 Å². The van der Waals surface area contributed by atoms with Gasteiger partial charge >= 0.3 is 6.03 Å². The van der Waals surface area contributed by atoms with E-state index in [1.165, 1.54) is 5.56 Å². The first-order valence-corrected chi connectivity index (χ1v) is 9.65. The monoisotopic (exact) mass is 376 g/mol. The number of anilines is 1. The van der Waals surface area contributed by atoms with Gasteiger partial charge in [-0.15, -0.1) is 0 Å². The number of fused-ring (bicyclic) bond motifs is 1. The summed E-state index contributed by atoms with van der Waals surface area (Å²) in [4.78, 5) is 16.2. The van der Waals surface area contributed by atoms with Crippen molar-refractivity contribution in [3.8, 4) is 16.9 Å². The molecule has 144 valence electrons. The number of imidazole rings is 1. The lowest BCUT2D eigenvalue weighted by molar-refractivity contribution is 0.252. The molecule has 2 aromatic carbocycles. The summed E-state index contributed by atoms with van der Waals surface area (Å²) >= 11 is 0. The highest BCUT2D eigenvalue weighted by Crippen LogP contribution is 2.31. The molecule has 0 unspecified atom stereocenters.